The molecule has 0 heterocycles. The van der Waals surface area contributed by atoms with Crippen LogP contribution in [0.5, 0.6) is 34.5 Å². The van der Waals surface area contributed by atoms with E-state index in [1.807, 2.05) is 0 Å². The zero-order chi connectivity index (χ0) is 31.9. The van der Waals surface area contributed by atoms with Crippen molar-refractivity contribution in [3.05, 3.63) is 107 Å². The van der Waals surface area contributed by atoms with Crippen LogP contribution in [0, 0.1) is 0 Å². The van der Waals surface area contributed by atoms with E-state index in [1.165, 1.54) is 62.8 Å². The molecule has 0 atom stereocenters. The fraction of sp³-hybridized carbons (Fsp3) is 0.152. The summed E-state index contributed by atoms with van der Waals surface area (Å²) < 4.78 is 15.4. The molecule has 0 fully saturated rings. The van der Waals surface area contributed by atoms with Crippen molar-refractivity contribution in [1.82, 2.24) is 0 Å². The molecule has 0 aliphatic heterocycles. The summed E-state index contributed by atoms with van der Waals surface area (Å²) >= 11 is 0. The van der Waals surface area contributed by atoms with Crippen LogP contribution in [0.15, 0.2) is 94.9 Å². The summed E-state index contributed by atoms with van der Waals surface area (Å²) in [6.45, 7) is 1.08. The van der Waals surface area contributed by atoms with Gasteiger partial charge >= 0.3 is 34.1 Å². The third-order valence-corrected chi connectivity index (χ3v) is 5.91. The molecule has 0 spiro atoms. The maximum atomic E-state index is 11.9. The average molecular weight is 753 g/mol. The van der Waals surface area contributed by atoms with Crippen molar-refractivity contribution in [2.75, 3.05) is 27.3 Å². The summed E-state index contributed by atoms with van der Waals surface area (Å²) in [6.07, 6.45) is 3.81. The Bertz CT molecular complexity index is 1500. The van der Waals surface area contributed by atoms with Crippen molar-refractivity contribution in [2.24, 2.45) is 9.98 Å². The van der Waals surface area contributed by atoms with Gasteiger partial charge in [-0.2, -0.15) is 0 Å². The molecule has 4 aromatic rings. The molecular weight excluding hydrogens is 719 g/mol. The largest absolute Gasteiger partial charge is 2.00 e. The number of hydrogen-bond acceptors (Lipinski definition) is 11. The first-order valence-electron chi connectivity index (χ1n) is 13.2. The van der Waals surface area contributed by atoms with Gasteiger partial charge in [0.15, 0.2) is 0 Å². The molecular formula is C33H34CuMnN2O11+2. The van der Waals surface area contributed by atoms with Crippen LogP contribution in [-0.2, 0) is 45.1 Å². The number of carbonyl (C=O) groups is 2. The number of methoxy groups -OCH3 is 2. The Morgan fingerprint density at radius 2 is 1.00 bits per heavy atom. The molecule has 0 aromatic heterocycles. The van der Waals surface area contributed by atoms with Crippen molar-refractivity contribution < 1.29 is 89.3 Å². The molecule has 15 heteroatoms. The number of carboxylic acids is 2. The smallest absolute Gasteiger partial charge is 0.870 e. The number of carboxylic acid groups (broad SMARTS) is 2. The number of hydrogen-bond donors (Lipinski definition) is 0. The molecule has 2 radical (unpaired) electrons. The van der Waals surface area contributed by atoms with Gasteiger partial charge in [0.1, 0.15) is 23.0 Å². The SMILES string of the molecule is COc1cccc(C=NCCCN=Cc2cccc(OC)c2[O-])c1[O-].O=C([O-])c1ccc(Oc2ccc(C(=O)[O-])cc2)cc1.[Cu+2].[Mn+2].[OH3+].[OH3+]. The van der Waals surface area contributed by atoms with Gasteiger partial charge in [0.05, 0.1) is 26.2 Å². The van der Waals surface area contributed by atoms with E-state index in [-0.39, 0.29) is 67.7 Å². The molecule has 0 amide bonds. The monoisotopic (exact) mass is 752 g/mol. The summed E-state index contributed by atoms with van der Waals surface area (Å²) in [7, 11) is 2.93. The number of ether oxygens (including phenoxy) is 3. The molecule has 0 aliphatic rings. The number of rotatable bonds is 12. The van der Waals surface area contributed by atoms with Crippen LogP contribution in [0.4, 0.5) is 0 Å². The van der Waals surface area contributed by atoms with Gasteiger partial charge in [-0.1, -0.05) is 35.8 Å². The number of aliphatic imine (C=N–C) groups is 2. The van der Waals surface area contributed by atoms with Gasteiger partial charge in [-0.05, 0) is 89.3 Å². The third-order valence-electron chi connectivity index (χ3n) is 5.91. The topological polar surface area (TPSA) is 245 Å². The van der Waals surface area contributed by atoms with Crippen LogP contribution in [0.2, 0.25) is 0 Å². The molecule has 48 heavy (non-hydrogen) atoms. The second-order valence-corrected chi connectivity index (χ2v) is 8.91. The van der Waals surface area contributed by atoms with Gasteiger partial charge < -0.3 is 55.2 Å². The Kier molecular flexibility index (Phi) is 22.1. The first kappa shape index (κ1) is 45.2. The summed E-state index contributed by atoms with van der Waals surface area (Å²) in [4.78, 5) is 29.6. The normalized spacial score (nSPS) is 9.79. The molecule has 0 unspecified atom stereocenters. The Morgan fingerprint density at radius 1 is 0.646 bits per heavy atom. The third kappa shape index (κ3) is 13.9. The predicted molar refractivity (Wildman–Crippen MR) is 166 cm³/mol. The summed E-state index contributed by atoms with van der Waals surface area (Å²) in [5.41, 5.74) is 1.10. The van der Waals surface area contributed by atoms with Crippen molar-refractivity contribution in [1.29, 1.82) is 0 Å². The summed E-state index contributed by atoms with van der Waals surface area (Å²) in [5.74, 6) is -1.38. The van der Waals surface area contributed by atoms with Gasteiger partial charge in [0.25, 0.3) is 0 Å². The number of nitrogens with zero attached hydrogens (tertiary/aromatic N) is 2. The zero-order valence-electron chi connectivity index (χ0n) is 25.8. The maximum absolute atomic E-state index is 11.9. The summed E-state index contributed by atoms with van der Waals surface area (Å²) in [5, 5.41) is 45.0. The molecule has 6 N–H and O–H groups in total. The number of benzene rings is 4. The summed E-state index contributed by atoms with van der Waals surface area (Å²) in [6, 6.07) is 21.5. The van der Waals surface area contributed by atoms with Crippen molar-refractivity contribution in [3.63, 3.8) is 0 Å². The fourth-order valence-corrected chi connectivity index (χ4v) is 3.62. The van der Waals surface area contributed by atoms with Crippen LogP contribution in [0.25, 0.3) is 0 Å². The molecule has 0 aliphatic carbocycles. The van der Waals surface area contributed by atoms with E-state index in [9.17, 15) is 30.0 Å². The quantitative estimate of drug-likeness (QED) is 0.0825. The van der Waals surface area contributed by atoms with Crippen LogP contribution < -0.4 is 34.6 Å². The molecule has 0 bridgehead atoms. The minimum atomic E-state index is -1.26. The van der Waals surface area contributed by atoms with Crippen LogP contribution in [0.1, 0.15) is 38.3 Å². The average Bonchev–Trinajstić information content (AvgIpc) is 3.03. The second kappa shape index (κ2) is 23.4. The van der Waals surface area contributed by atoms with E-state index in [0.717, 1.165) is 0 Å². The van der Waals surface area contributed by atoms with Crippen molar-refractivity contribution in [2.45, 2.75) is 6.42 Å². The fourth-order valence-electron chi connectivity index (χ4n) is 3.62. The Balaban J connectivity index is 0. The molecule has 4 rings (SSSR count). The molecule has 4 aromatic carbocycles. The van der Waals surface area contributed by atoms with Gasteiger partial charge in [-0.25, -0.2) is 0 Å². The minimum absolute atomic E-state index is 0. The van der Waals surface area contributed by atoms with Crippen molar-refractivity contribution in [3.8, 4) is 34.5 Å². The van der Waals surface area contributed by atoms with E-state index in [4.69, 9.17) is 14.2 Å². The van der Waals surface area contributed by atoms with Gasteiger partial charge in [0.2, 0.25) is 0 Å². The molecule has 13 nitrogen and oxygen atoms in total. The van der Waals surface area contributed by atoms with E-state index >= 15 is 0 Å². The van der Waals surface area contributed by atoms with Crippen LogP contribution in [-0.4, -0.2) is 51.7 Å². The first-order valence-corrected chi connectivity index (χ1v) is 13.2. The van der Waals surface area contributed by atoms with Crippen molar-refractivity contribution >= 4 is 24.4 Å². The van der Waals surface area contributed by atoms with Crippen LogP contribution in [0.3, 0.4) is 0 Å². The van der Waals surface area contributed by atoms with E-state index in [1.54, 1.807) is 48.8 Å². The maximum Gasteiger partial charge on any atom is 2.00 e. The molecule has 258 valence electrons. The first-order chi connectivity index (χ1) is 21.2. The second-order valence-electron chi connectivity index (χ2n) is 8.91. The Morgan fingerprint density at radius 3 is 1.31 bits per heavy atom. The standard InChI is InChI=1S/C19H22N2O4.C14H10O5.Cu.Mn.2H2O/c1-24-16-8-3-6-14(18(16)22)12-20-10-5-11-21-13-15-7-4-9-17(25-2)19(15)23;15-13(16)9-1-5-11(6-2-9)19-12-7-3-10(4-8-12)14(17)18;;;;/h3-4,6-9,12-13,22-23H,5,10-11H2,1-2H3;1-8H,(H,15,16)(H,17,18);;;2*1H2/q;;2*+2;;/p-2. The Labute approximate surface area is 298 Å². The van der Waals surface area contributed by atoms with Gasteiger partial charge in [0, 0.05) is 25.5 Å². The van der Waals surface area contributed by atoms with E-state index in [2.05, 4.69) is 9.98 Å². The minimum Gasteiger partial charge on any atom is -0.870 e. The number of carbonyl (C=O) groups excluding carboxylic acids is 2. The van der Waals surface area contributed by atoms with Gasteiger partial charge in [-0.3, -0.25) is 9.98 Å². The number of para-hydroxylation sites is 2. The number of aromatic carboxylic acids is 2. The van der Waals surface area contributed by atoms with E-state index < -0.39 is 11.9 Å². The molecule has 0 saturated heterocycles. The molecule has 0 saturated carbocycles. The Hall–Kier alpha value is -4.88. The van der Waals surface area contributed by atoms with Crippen LogP contribution >= 0.6 is 0 Å². The predicted octanol–water partition coefficient (Wildman–Crippen LogP) is 0.136. The van der Waals surface area contributed by atoms with E-state index in [0.29, 0.717) is 53.6 Å². The zero-order valence-corrected chi connectivity index (χ0v) is 27.9. The van der Waals surface area contributed by atoms with Gasteiger partial charge in [-0.15, -0.1) is 0 Å².